The number of hydrogen-bond donors (Lipinski definition) is 2. The summed E-state index contributed by atoms with van der Waals surface area (Å²) in [4.78, 5) is 25.7. The third-order valence-corrected chi connectivity index (χ3v) is 4.79. The van der Waals surface area contributed by atoms with Crippen molar-refractivity contribution < 1.29 is 4.79 Å². The molecule has 1 aliphatic rings. The van der Waals surface area contributed by atoms with Crippen molar-refractivity contribution in [2.75, 3.05) is 50.7 Å². The number of guanidine groups is 1. The van der Waals surface area contributed by atoms with Crippen molar-refractivity contribution in [1.29, 1.82) is 0 Å². The van der Waals surface area contributed by atoms with Crippen LogP contribution in [-0.2, 0) is 4.79 Å². The van der Waals surface area contributed by atoms with Gasteiger partial charge in [0.2, 0.25) is 5.91 Å². The first-order valence-corrected chi connectivity index (χ1v) is 10.6. The highest BCUT2D eigenvalue weighted by Gasteiger charge is 2.21. The van der Waals surface area contributed by atoms with Gasteiger partial charge in [-0.2, -0.15) is 0 Å². The molecule has 1 amide bonds. The smallest absolute Gasteiger partial charge is 0.224 e. The summed E-state index contributed by atoms with van der Waals surface area (Å²) in [5.41, 5.74) is 0. The molecule has 0 atom stereocenters. The van der Waals surface area contributed by atoms with Crippen LogP contribution in [-0.4, -0.2) is 67.6 Å². The lowest BCUT2D eigenvalue weighted by Gasteiger charge is -2.35. The maximum absolute atomic E-state index is 12.5. The highest BCUT2D eigenvalue weighted by molar-refractivity contribution is 5.81. The van der Waals surface area contributed by atoms with Crippen molar-refractivity contribution in [2.24, 2.45) is 10.9 Å². The number of hydrogen-bond acceptors (Lipinski definition) is 4. The largest absolute Gasteiger partial charge is 0.357 e. The minimum atomic E-state index is 0.198. The van der Waals surface area contributed by atoms with Gasteiger partial charge in [-0.3, -0.25) is 9.79 Å². The Hall–Kier alpha value is -2.31. The molecule has 0 radical (unpaired) electrons. The molecule has 1 aromatic rings. The lowest BCUT2D eigenvalue weighted by atomic mass is 10.1. The molecule has 0 unspecified atom stereocenters. The van der Waals surface area contributed by atoms with E-state index in [0.717, 1.165) is 57.5 Å². The van der Waals surface area contributed by atoms with Crippen molar-refractivity contribution in [3.8, 4) is 0 Å². The van der Waals surface area contributed by atoms with Gasteiger partial charge in [-0.05, 0) is 37.8 Å². The molecule has 156 valence electrons. The van der Waals surface area contributed by atoms with E-state index in [2.05, 4.69) is 46.3 Å². The number of carbonyl (C=O) groups is 1. The van der Waals surface area contributed by atoms with E-state index < -0.39 is 0 Å². The summed E-state index contributed by atoms with van der Waals surface area (Å²) in [7, 11) is 0. The van der Waals surface area contributed by atoms with Crippen LogP contribution in [0.25, 0.3) is 0 Å². The number of piperazine rings is 1. The van der Waals surface area contributed by atoms with Gasteiger partial charge in [-0.15, -0.1) is 0 Å². The Morgan fingerprint density at radius 2 is 2.00 bits per heavy atom. The summed E-state index contributed by atoms with van der Waals surface area (Å²) in [6, 6.07) is 5.94. The van der Waals surface area contributed by atoms with E-state index >= 15 is 0 Å². The van der Waals surface area contributed by atoms with Crippen LogP contribution in [0.3, 0.4) is 0 Å². The minimum absolute atomic E-state index is 0.198. The number of aromatic nitrogens is 1. The zero-order valence-electron chi connectivity index (χ0n) is 17.7. The second-order valence-electron chi connectivity index (χ2n) is 7.53. The minimum Gasteiger partial charge on any atom is -0.357 e. The molecule has 7 heteroatoms. The lowest BCUT2D eigenvalue weighted by Crippen LogP contribution is -2.49. The van der Waals surface area contributed by atoms with E-state index in [4.69, 9.17) is 0 Å². The quantitative estimate of drug-likeness (QED) is 0.385. The zero-order valence-corrected chi connectivity index (χ0v) is 17.7. The van der Waals surface area contributed by atoms with Crippen LogP contribution in [0.15, 0.2) is 29.4 Å². The Bertz CT molecular complexity index is 596. The highest BCUT2D eigenvalue weighted by atomic mass is 16.2. The molecule has 1 fully saturated rings. The summed E-state index contributed by atoms with van der Waals surface area (Å²) in [5, 5.41) is 6.53. The molecule has 2 heterocycles. The molecule has 1 saturated heterocycles. The monoisotopic (exact) mass is 388 g/mol. The van der Waals surface area contributed by atoms with Crippen molar-refractivity contribution in [2.45, 2.75) is 40.0 Å². The summed E-state index contributed by atoms with van der Waals surface area (Å²) in [6.45, 7) is 11.9. The fourth-order valence-electron chi connectivity index (χ4n) is 3.20. The van der Waals surface area contributed by atoms with E-state index in [-0.39, 0.29) is 5.91 Å². The number of pyridine rings is 1. The summed E-state index contributed by atoms with van der Waals surface area (Å²) in [5.74, 6) is 2.70. The van der Waals surface area contributed by atoms with Crippen molar-refractivity contribution in [3.05, 3.63) is 24.4 Å². The van der Waals surface area contributed by atoms with Gasteiger partial charge in [0.1, 0.15) is 5.82 Å². The van der Waals surface area contributed by atoms with E-state index in [1.807, 2.05) is 29.3 Å². The highest BCUT2D eigenvalue weighted by Crippen LogP contribution is 2.12. The first-order valence-electron chi connectivity index (χ1n) is 10.6. The predicted molar refractivity (Wildman–Crippen MR) is 116 cm³/mol. The van der Waals surface area contributed by atoms with Crippen LogP contribution < -0.4 is 15.5 Å². The van der Waals surface area contributed by atoms with Crippen LogP contribution in [0.1, 0.15) is 40.0 Å². The summed E-state index contributed by atoms with van der Waals surface area (Å²) >= 11 is 0. The number of anilines is 1. The summed E-state index contributed by atoms with van der Waals surface area (Å²) < 4.78 is 0. The van der Waals surface area contributed by atoms with Gasteiger partial charge in [0.25, 0.3) is 0 Å². The number of carbonyl (C=O) groups excluding carboxylic acids is 1. The first-order chi connectivity index (χ1) is 13.6. The molecule has 1 aromatic heterocycles. The fraction of sp³-hybridized carbons (Fsp3) is 0.667. The van der Waals surface area contributed by atoms with Gasteiger partial charge in [0.05, 0.1) is 0 Å². The molecule has 0 aromatic carbocycles. The first kappa shape index (κ1) is 22.0. The maximum Gasteiger partial charge on any atom is 0.224 e. The van der Waals surface area contributed by atoms with E-state index in [1.165, 1.54) is 6.42 Å². The zero-order chi connectivity index (χ0) is 20.2. The Morgan fingerprint density at radius 3 is 2.64 bits per heavy atom. The second kappa shape index (κ2) is 12.2. The molecule has 0 bridgehead atoms. The van der Waals surface area contributed by atoms with Crippen LogP contribution in [0.2, 0.25) is 0 Å². The van der Waals surface area contributed by atoms with Crippen LogP contribution in [0.5, 0.6) is 0 Å². The number of rotatable bonds is 9. The molecular formula is C21H36N6O. The molecule has 0 saturated carbocycles. The van der Waals surface area contributed by atoms with E-state index in [1.54, 1.807) is 0 Å². The molecule has 28 heavy (non-hydrogen) atoms. The van der Waals surface area contributed by atoms with Gasteiger partial charge in [-0.1, -0.05) is 19.9 Å². The Labute approximate surface area is 169 Å². The summed E-state index contributed by atoms with van der Waals surface area (Å²) in [6.07, 6.45) is 4.57. The lowest BCUT2D eigenvalue weighted by molar-refractivity contribution is -0.131. The number of nitrogens with one attached hydrogen (secondary N) is 2. The predicted octanol–water partition coefficient (Wildman–Crippen LogP) is 2.11. The molecule has 7 nitrogen and oxygen atoms in total. The number of nitrogens with zero attached hydrogens (tertiary/aromatic N) is 4. The topological polar surface area (TPSA) is 72.9 Å². The second-order valence-corrected chi connectivity index (χ2v) is 7.53. The molecule has 0 aliphatic carbocycles. The van der Waals surface area contributed by atoms with Gasteiger partial charge in [-0.25, -0.2) is 4.98 Å². The SMILES string of the molecule is CCNC(=NCCCC(C)C)NCCC(=O)N1CCN(c2ccccn2)CC1. The van der Waals surface area contributed by atoms with E-state index in [0.29, 0.717) is 18.9 Å². The molecule has 1 aliphatic heterocycles. The van der Waals surface area contributed by atoms with Crippen molar-refractivity contribution in [1.82, 2.24) is 20.5 Å². The molecule has 2 rings (SSSR count). The van der Waals surface area contributed by atoms with Gasteiger partial charge < -0.3 is 20.4 Å². The van der Waals surface area contributed by atoms with Crippen LogP contribution in [0.4, 0.5) is 5.82 Å². The number of amides is 1. The maximum atomic E-state index is 12.5. The average Bonchev–Trinajstić information content (AvgIpc) is 2.71. The van der Waals surface area contributed by atoms with Gasteiger partial charge in [0.15, 0.2) is 5.96 Å². The molecule has 0 spiro atoms. The Kier molecular flexibility index (Phi) is 9.59. The third kappa shape index (κ3) is 7.74. The van der Waals surface area contributed by atoms with E-state index in [9.17, 15) is 4.79 Å². The standard InChI is InChI=1S/C21H36N6O/c1-4-22-21(24-12-7-8-18(2)3)25-13-10-20(28)27-16-14-26(15-17-27)19-9-5-6-11-23-19/h5-6,9,11,18H,4,7-8,10,12-17H2,1-3H3,(H2,22,24,25). The van der Waals surface area contributed by atoms with Crippen LogP contribution >= 0.6 is 0 Å². The third-order valence-electron chi connectivity index (χ3n) is 4.79. The van der Waals surface area contributed by atoms with Gasteiger partial charge >= 0.3 is 0 Å². The average molecular weight is 389 g/mol. The normalized spacial score (nSPS) is 15.1. The van der Waals surface area contributed by atoms with Crippen LogP contribution in [0, 0.1) is 5.92 Å². The molecule has 2 N–H and O–H groups in total. The Morgan fingerprint density at radius 1 is 1.21 bits per heavy atom. The van der Waals surface area contributed by atoms with Crippen molar-refractivity contribution >= 4 is 17.7 Å². The molecular weight excluding hydrogens is 352 g/mol. The fourth-order valence-corrected chi connectivity index (χ4v) is 3.20. The van der Waals surface area contributed by atoms with Crippen molar-refractivity contribution in [3.63, 3.8) is 0 Å². The van der Waals surface area contributed by atoms with Gasteiger partial charge in [0, 0.05) is 58.4 Å². The Balaban J connectivity index is 1.69. The number of aliphatic imine (C=N–C) groups is 1.